The highest BCUT2D eigenvalue weighted by Gasteiger charge is 2.36. The second kappa shape index (κ2) is 12.0. The molecule has 3 rings (SSSR count). The van der Waals surface area contributed by atoms with Crippen molar-refractivity contribution in [3.8, 4) is 11.3 Å². The Hall–Kier alpha value is -3.47. The third-order valence-electron chi connectivity index (χ3n) is 5.34. The predicted molar refractivity (Wildman–Crippen MR) is 133 cm³/mol. The Labute approximate surface area is 211 Å². The molecule has 0 aliphatic carbocycles. The third-order valence-corrected chi connectivity index (χ3v) is 6.17. The van der Waals surface area contributed by atoms with Crippen molar-refractivity contribution in [2.24, 2.45) is 0 Å². The second-order valence-corrected chi connectivity index (χ2v) is 8.93. The van der Waals surface area contributed by atoms with Gasteiger partial charge in [-0.05, 0) is 36.8 Å². The van der Waals surface area contributed by atoms with Crippen LogP contribution in [-0.2, 0) is 20.5 Å². The van der Waals surface area contributed by atoms with E-state index >= 15 is 0 Å². The molecule has 3 aromatic rings. The average Bonchev–Trinajstić information content (AvgIpc) is 3.32. The van der Waals surface area contributed by atoms with Crippen LogP contribution in [0, 0.1) is 0 Å². The zero-order chi connectivity index (χ0) is 26.3. The predicted octanol–water partition coefficient (Wildman–Crippen LogP) is 6.08. The number of anilines is 3. The summed E-state index contributed by atoms with van der Waals surface area (Å²) in [6, 6.07) is 7.23. The van der Waals surface area contributed by atoms with Gasteiger partial charge in [0.25, 0.3) is 5.91 Å². The largest absolute Gasteiger partial charge is 0.456 e. The summed E-state index contributed by atoms with van der Waals surface area (Å²) in [5, 5.41) is 1.82. The fourth-order valence-corrected chi connectivity index (χ4v) is 4.41. The first kappa shape index (κ1) is 27.1. The van der Waals surface area contributed by atoms with Gasteiger partial charge in [0.15, 0.2) is 11.7 Å². The SMILES string of the molecule is CCCCCN(C)c1ccc(N(C(=O)COC(C)=O)c2nc(-c3cccnc3)cs2)cc1C(F)(F)F. The van der Waals surface area contributed by atoms with Crippen LogP contribution in [0.4, 0.5) is 29.7 Å². The molecule has 0 atom stereocenters. The molecule has 0 fully saturated rings. The van der Waals surface area contributed by atoms with E-state index in [1.54, 1.807) is 41.9 Å². The fraction of sp³-hybridized carbons (Fsp3) is 0.360. The van der Waals surface area contributed by atoms with Crippen LogP contribution in [-0.4, -0.2) is 42.0 Å². The van der Waals surface area contributed by atoms with E-state index in [-0.39, 0.29) is 16.5 Å². The molecule has 1 aromatic carbocycles. The number of amides is 1. The van der Waals surface area contributed by atoms with E-state index in [9.17, 15) is 22.8 Å². The lowest BCUT2D eigenvalue weighted by Crippen LogP contribution is -2.31. The number of carbonyl (C=O) groups is 2. The molecule has 0 aliphatic heterocycles. The average molecular weight is 521 g/mol. The number of thiazole rings is 1. The van der Waals surface area contributed by atoms with Gasteiger partial charge in [0.2, 0.25) is 0 Å². The number of aromatic nitrogens is 2. The smallest absolute Gasteiger partial charge is 0.418 e. The summed E-state index contributed by atoms with van der Waals surface area (Å²) in [5.41, 5.74) is 0.319. The van der Waals surface area contributed by atoms with Gasteiger partial charge < -0.3 is 9.64 Å². The number of benzene rings is 1. The highest BCUT2D eigenvalue weighted by molar-refractivity contribution is 7.14. The van der Waals surface area contributed by atoms with Gasteiger partial charge in [0.1, 0.15) is 0 Å². The number of nitrogens with zero attached hydrogens (tertiary/aromatic N) is 4. The van der Waals surface area contributed by atoms with Crippen LogP contribution in [0.3, 0.4) is 0 Å². The van der Waals surface area contributed by atoms with Crippen LogP contribution in [0.1, 0.15) is 38.7 Å². The zero-order valence-corrected chi connectivity index (χ0v) is 21.0. The number of pyridine rings is 1. The molecule has 7 nitrogen and oxygen atoms in total. The summed E-state index contributed by atoms with van der Waals surface area (Å²) >= 11 is 1.08. The second-order valence-electron chi connectivity index (χ2n) is 8.09. The number of halogens is 3. The van der Waals surface area contributed by atoms with Crippen molar-refractivity contribution in [3.05, 3.63) is 53.7 Å². The van der Waals surface area contributed by atoms with Gasteiger partial charge in [-0.2, -0.15) is 13.2 Å². The van der Waals surface area contributed by atoms with Crippen molar-refractivity contribution in [2.75, 3.05) is 30.0 Å². The van der Waals surface area contributed by atoms with Gasteiger partial charge in [-0.25, -0.2) is 4.98 Å². The van der Waals surface area contributed by atoms with Crippen LogP contribution >= 0.6 is 11.3 Å². The molecule has 0 saturated heterocycles. The summed E-state index contributed by atoms with van der Waals surface area (Å²) in [6.07, 6.45) is 1.16. The molecule has 1 amide bonds. The van der Waals surface area contributed by atoms with Crippen LogP contribution in [0.15, 0.2) is 48.1 Å². The third kappa shape index (κ3) is 6.81. The lowest BCUT2D eigenvalue weighted by Gasteiger charge is -2.26. The maximum atomic E-state index is 14.1. The topological polar surface area (TPSA) is 75.6 Å². The number of ether oxygens (including phenoxy) is 1. The van der Waals surface area contributed by atoms with Crippen molar-refractivity contribution in [1.29, 1.82) is 0 Å². The van der Waals surface area contributed by atoms with E-state index in [0.717, 1.165) is 48.5 Å². The Morgan fingerprint density at radius 1 is 1.17 bits per heavy atom. The lowest BCUT2D eigenvalue weighted by atomic mass is 10.1. The Balaban J connectivity index is 2.04. The zero-order valence-electron chi connectivity index (χ0n) is 20.2. The molecule has 0 bridgehead atoms. The van der Waals surface area contributed by atoms with Gasteiger partial charge in [-0.15, -0.1) is 11.3 Å². The van der Waals surface area contributed by atoms with Crippen molar-refractivity contribution < 1.29 is 27.5 Å². The maximum Gasteiger partial charge on any atom is 0.418 e. The van der Waals surface area contributed by atoms with Crippen LogP contribution in [0.25, 0.3) is 11.3 Å². The lowest BCUT2D eigenvalue weighted by molar-refractivity contribution is -0.145. The molecule has 36 heavy (non-hydrogen) atoms. The van der Waals surface area contributed by atoms with Crippen LogP contribution in [0.2, 0.25) is 0 Å². The van der Waals surface area contributed by atoms with Gasteiger partial charge in [0.05, 0.1) is 16.9 Å². The fourth-order valence-electron chi connectivity index (χ4n) is 3.55. The van der Waals surface area contributed by atoms with E-state index in [0.29, 0.717) is 17.8 Å². The summed E-state index contributed by atoms with van der Waals surface area (Å²) in [5.74, 6) is -1.41. The quantitative estimate of drug-likeness (QED) is 0.238. The van der Waals surface area contributed by atoms with E-state index in [1.807, 2.05) is 6.92 Å². The first-order valence-corrected chi connectivity index (χ1v) is 12.2. The van der Waals surface area contributed by atoms with Crippen LogP contribution in [0.5, 0.6) is 0 Å². The monoisotopic (exact) mass is 520 g/mol. The highest BCUT2D eigenvalue weighted by Crippen LogP contribution is 2.41. The van der Waals surface area contributed by atoms with Crippen molar-refractivity contribution in [2.45, 2.75) is 39.3 Å². The Bertz CT molecular complexity index is 1180. The first-order valence-electron chi connectivity index (χ1n) is 11.4. The molecule has 11 heteroatoms. The van der Waals surface area contributed by atoms with Gasteiger partial charge >= 0.3 is 12.1 Å². The number of hydrogen-bond donors (Lipinski definition) is 0. The molecular formula is C25H27F3N4O3S. The molecule has 2 aromatic heterocycles. The van der Waals surface area contributed by atoms with Crippen molar-refractivity contribution >= 4 is 39.7 Å². The highest BCUT2D eigenvalue weighted by atomic mass is 32.1. The van der Waals surface area contributed by atoms with Crippen molar-refractivity contribution in [3.63, 3.8) is 0 Å². The Morgan fingerprint density at radius 2 is 1.94 bits per heavy atom. The molecule has 192 valence electrons. The molecule has 0 radical (unpaired) electrons. The normalized spacial score (nSPS) is 11.3. The summed E-state index contributed by atoms with van der Waals surface area (Å²) in [4.78, 5) is 35.5. The minimum atomic E-state index is -4.65. The summed E-state index contributed by atoms with van der Waals surface area (Å²) < 4.78 is 47.2. The van der Waals surface area contributed by atoms with Crippen molar-refractivity contribution in [1.82, 2.24) is 9.97 Å². The first-order chi connectivity index (χ1) is 17.1. The summed E-state index contributed by atoms with van der Waals surface area (Å²) in [6.45, 7) is 2.99. The number of carbonyl (C=O) groups excluding carboxylic acids is 2. The molecule has 2 heterocycles. The summed E-state index contributed by atoms with van der Waals surface area (Å²) in [7, 11) is 1.62. The van der Waals surface area contributed by atoms with E-state index in [2.05, 4.69) is 9.97 Å². The Morgan fingerprint density at radius 3 is 2.58 bits per heavy atom. The van der Waals surface area contributed by atoms with Gasteiger partial charge in [-0.3, -0.25) is 19.5 Å². The number of unbranched alkanes of at least 4 members (excludes halogenated alkanes) is 2. The molecule has 0 spiro atoms. The van der Waals surface area contributed by atoms with Gasteiger partial charge in [-0.1, -0.05) is 19.8 Å². The molecular weight excluding hydrogens is 493 g/mol. The molecule has 0 unspecified atom stereocenters. The van der Waals surface area contributed by atoms with Gasteiger partial charge in [0, 0.05) is 49.5 Å². The number of esters is 1. The number of alkyl halides is 3. The molecule has 0 aliphatic rings. The molecule has 0 N–H and O–H groups in total. The molecule has 0 saturated carbocycles. The van der Waals surface area contributed by atoms with Crippen LogP contribution < -0.4 is 9.80 Å². The maximum absolute atomic E-state index is 14.1. The standard InChI is InChI=1S/C25H27F3N4O3S/c1-4-5-6-12-31(3)22-10-9-19(13-20(22)25(26,27)28)32(23(34)15-35-17(2)33)24-30-21(16-36-24)18-8-7-11-29-14-18/h7-11,13-14,16H,4-6,12,15H2,1-3H3. The van der Waals surface area contributed by atoms with E-state index in [1.165, 1.54) is 12.1 Å². The minimum Gasteiger partial charge on any atom is -0.456 e. The Kier molecular flexibility index (Phi) is 9.03. The minimum absolute atomic E-state index is 0.0184. The van der Waals surface area contributed by atoms with E-state index in [4.69, 9.17) is 4.74 Å². The van der Waals surface area contributed by atoms with E-state index < -0.39 is 30.2 Å². The number of rotatable bonds is 10. The number of hydrogen-bond acceptors (Lipinski definition) is 7.